The van der Waals surface area contributed by atoms with Gasteiger partial charge in [-0.3, -0.25) is 9.59 Å². The Balaban J connectivity index is 1.83. The molecule has 0 saturated carbocycles. The van der Waals surface area contributed by atoms with Crippen molar-refractivity contribution in [3.8, 4) is 11.5 Å². The van der Waals surface area contributed by atoms with E-state index >= 15 is 0 Å². The minimum absolute atomic E-state index is 0.246. The molecular formula is C24H27N3O5. The standard InChI is InChI=1S/C24H27N3O5/c1-14(32-15(2)28)23(29)27-24(25,17-7-10-18(30-3)11-8-17)21-12-6-16-5-9-19(31-4)13-20(16)22(21)26-27/h5,7-11,13-14,21H,6,12,25H2,1-4H3/t14-,21?,24+/m0/s1. The minimum atomic E-state index is -1.24. The summed E-state index contributed by atoms with van der Waals surface area (Å²) in [5, 5.41) is 6.01. The maximum Gasteiger partial charge on any atom is 0.303 e. The first-order valence-electron chi connectivity index (χ1n) is 10.5. The highest BCUT2D eigenvalue weighted by Gasteiger charge is 2.54. The van der Waals surface area contributed by atoms with E-state index in [9.17, 15) is 9.59 Å². The normalized spacial score (nSPS) is 22.3. The van der Waals surface area contributed by atoms with Crippen molar-refractivity contribution >= 4 is 17.6 Å². The van der Waals surface area contributed by atoms with E-state index in [4.69, 9.17) is 25.0 Å². The van der Waals surface area contributed by atoms with Crippen molar-refractivity contribution in [3.63, 3.8) is 0 Å². The van der Waals surface area contributed by atoms with Crippen LogP contribution in [0.3, 0.4) is 0 Å². The second-order valence-corrected chi connectivity index (χ2v) is 8.06. The Bertz CT molecular complexity index is 1080. The fourth-order valence-electron chi connectivity index (χ4n) is 4.54. The average molecular weight is 437 g/mol. The van der Waals surface area contributed by atoms with E-state index in [1.807, 2.05) is 30.3 Å². The van der Waals surface area contributed by atoms with Gasteiger partial charge in [-0.1, -0.05) is 18.2 Å². The highest BCUT2D eigenvalue weighted by atomic mass is 16.5. The van der Waals surface area contributed by atoms with Crippen molar-refractivity contribution in [2.45, 2.75) is 38.5 Å². The van der Waals surface area contributed by atoms with Crippen molar-refractivity contribution in [3.05, 3.63) is 59.2 Å². The lowest BCUT2D eigenvalue weighted by atomic mass is 9.74. The van der Waals surface area contributed by atoms with Gasteiger partial charge < -0.3 is 19.9 Å². The first-order chi connectivity index (χ1) is 15.3. The van der Waals surface area contributed by atoms with Gasteiger partial charge in [0.05, 0.1) is 19.9 Å². The number of carbonyl (C=O) groups excluding carboxylic acids is 2. The zero-order chi connectivity index (χ0) is 23.0. The Morgan fingerprint density at radius 1 is 1.12 bits per heavy atom. The van der Waals surface area contributed by atoms with Crippen LogP contribution in [-0.4, -0.2) is 42.9 Å². The molecule has 0 aromatic heterocycles. The van der Waals surface area contributed by atoms with Crippen LogP contribution in [0, 0.1) is 5.92 Å². The number of aryl methyl sites for hydroxylation is 1. The predicted molar refractivity (Wildman–Crippen MR) is 118 cm³/mol. The van der Waals surface area contributed by atoms with Gasteiger partial charge in [-0.05, 0) is 55.2 Å². The molecular weight excluding hydrogens is 410 g/mol. The van der Waals surface area contributed by atoms with E-state index in [0.29, 0.717) is 17.9 Å². The van der Waals surface area contributed by atoms with Crippen LogP contribution in [0.1, 0.15) is 37.0 Å². The van der Waals surface area contributed by atoms with Crippen LogP contribution in [0.15, 0.2) is 47.6 Å². The molecule has 1 heterocycles. The average Bonchev–Trinajstić information content (AvgIpc) is 3.11. The number of benzene rings is 2. The molecule has 2 aliphatic rings. The monoisotopic (exact) mass is 437 g/mol. The number of nitrogens with zero attached hydrogens (tertiary/aromatic N) is 2. The highest BCUT2D eigenvalue weighted by molar-refractivity contribution is 6.07. The van der Waals surface area contributed by atoms with Gasteiger partial charge in [0, 0.05) is 18.4 Å². The fraction of sp³-hybridized carbons (Fsp3) is 0.375. The molecule has 1 amide bonds. The third-order valence-corrected chi connectivity index (χ3v) is 6.17. The van der Waals surface area contributed by atoms with Crippen molar-refractivity contribution < 1.29 is 23.8 Å². The summed E-state index contributed by atoms with van der Waals surface area (Å²) in [7, 11) is 3.20. The summed E-state index contributed by atoms with van der Waals surface area (Å²) in [6.45, 7) is 2.79. The van der Waals surface area contributed by atoms with Crippen LogP contribution in [0.5, 0.6) is 11.5 Å². The van der Waals surface area contributed by atoms with E-state index in [1.165, 1.54) is 18.9 Å². The molecule has 2 N–H and O–H groups in total. The molecule has 0 saturated heterocycles. The van der Waals surface area contributed by atoms with Gasteiger partial charge in [0.15, 0.2) is 6.10 Å². The van der Waals surface area contributed by atoms with Crippen molar-refractivity contribution in [1.82, 2.24) is 5.01 Å². The summed E-state index contributed by atoms with van der Waals surface area (Å²) in [4.78, 5) is 24.9. The van der Waals surface area contributed by atoms with E-state index in [0.717, 1.165) is 28.8 Å². The number of carbonyl (C=O) groups is 2. The molecule has 3 atom stereocenters. The Morgan fingerprint density at radius 2 is 1.78 bits per heavy atom. The Hall–Kier alpha value is -3.39. The van der Waals surface area contributed by atoms with Gasteiger partial charge in [-0.25, -0.2) is 5.01 Å². The molecule has 168 valence electrons. The maximum absolute atomic E-state index is 13.4. The molecule has 0 radical (unpaired) electrons. The number of amides is 1. The molecule has 1 aliphatic heterocycles. The quantitative estimate of drug-likeness (QED) is 0.721. The topological polar surface area (TPSA) is 103 Å². The molecule has 8 nitrogen and oxygen atoms in total. The number of hydrazone groups is 1. The summed E-state index contributed by atoms with van der Waals surface area (Å²) in [6, 6.07) is 13.2. The first kappa shape index (κ1) is 21.8. The van der Waals surface area contributed by atoms with Gasteiger partial charge in [-0.2, -0.15) is 5.10 Å². The molecule has 4 rings (SSSR count). The predicted octanol–water partition coefficient (Wildman–Crippen LogP) is 2.58. The fourth-order valence-corrected chi connectivity index (χ4v) is 4.54. The summed E-state index contributed by atoms with van der Waals surface area (Å²) >= 11 is 0. The molecule has 8 heteroatoms. The number of esters is 1. The largest absolute Gasteiger partial charge is 0.497 e. The molecule has 2 aromatic carbocycles. The van der Waals surface area contributed by atoms with Crippen molar-refractivity contribution in [2.24, 2.45) is 16.8 Å². The summed E-state index contributed by atoms with van der Waals surface area (Å²) in [6.07, 6.45) is 0.481. The molecule has 2 aromatic rings. The van der Waals surface area contributed by atoms with Crippen molar-refractivity contribution in [2.75, 3.05) is 14.2 Å². The van der Waals surface area contributed by atoms with Crippen LogP contribution in [0.25, 0.3) is 0 Å². The van der Waals surface area contributed by atoms with E-state index < -0.39 is 23.6 Å². The second-order valence-electron chi connectivity index (χ2n) is 8.06. The van der Waals surface area contributed by atoms with Crippen LogP contribution in [0.2, 0.25) is 0 Å². The van der Waals surface area contributed by atoms with E-state index in [2.05, 4.69) is 0 Å². The van der Waals surface area contributed by atoms with Crippen LogP contribution in [0.4, 0.5) is 0 Å². The van der Waals surface area contributed by atoms with Crippen molar-refractivity contribution in [1.29, 1.82) is 0 Å². The lowest BCUT2D eigenvalue weighted by Gasteiger charge is -2.39. The molecule has 0 bridgehead atoms. The van der Waals surface area contributed by atoms with Gasteiger partial charge in [0.1, 0.15) is 17.2 Å². The van der Waals surface area contributed by atoms with E-state index in [-0.39, 0.29) is 5.92 Å². The second kappa shape index (κ2) is 8.27. The van der Waals surface area contributed by atoms with E-state index in [1.54, 1.807) is 26.4 Å². The molecule has 0 fully saturated rings. The lowest BCUT2D eigenvalue weighted by molar-refractivity contribution is -0.161. The zero-order valence-electron chi connectivity index (χ0n) is 18.6. The Labute approximate surface area is 186 Å². The summed E-state index contributed by atoms with van der Waals surface area (Å²) in [5.74, 6) is 0.115. The smallest absolute Gasteiger partial charge is 0.303 e. The number of ether oxygens (including phenoxy) is 3. The maximum atomic E-state index is 13.4. The Kier molecular flexibility index (Phi) is 5.64. The molecule has 1 aliphatic carbocycles. The summed E-state index contributed by atoms with van der Waals surface area (Å²) < 4.78 is 15.8. The number of hydrogen-bond donors (Lipinski definition) is 1. The highest BCUT2D eigenvalue weighted by Crippen LogP contribution is 2.46. The number of fused-ring (bicyclic) bond motifs is 3. The molecule has 0 spiro atoms. The zero-order valence-corrected chi connectivity index (χ0v) is 18.6. The number of hydrogen-bond acceptors (Lipinski definition) is 7. The molecule has 32 heavy (non-hydrogen) atoms. The molecule has 1 unspecified atom stereocenters. The van der Waals surface area contributed by atoms with Gasteiger partial charge in [0.2, 0.25) is 0 Å². The lowest BCUT2D eigenvalue weighted by Crippen LogP contribution is -2.58. The summed E-state index contributed by atoms with van der Waals surface area (Å²) in [5.41, 5.74) is 9.29. The van der Waals surface area contributed by atoms with Crippen LogP contribution in [-0.2, 0) is 26.4 Å². The van der Waals surface area contributed by atoms with Gasteiger partial charge >= 0.3 is 5.97 Å². The number of nitrogens with two attached hydrogens (primary N) is 1. The first-order valence-corrected chi connectivity index (χ1v) is 10.5. The van der Waals surface area contributed by atoms with Crippen LogP contribution < -0.4 is 15.2 Å². The van der Waals surface area contributed by atoms with Gasteiger partial charge in [-0.15, -0.1) is 0 Å². The SMILES string of the molecule is COc1ccc([C@]2(N)C3CCc4ccc(OC)cc4C3=NN2C(=O)[C@H](C)OC(C)=O)cc1. The minimum Gasteiger partial charge on any atom is -0.497 e. The van der Waals surface area contributed by atoms with Gasteiger partial charge in [0.25, 0.3) is 5.91 Å². The third-order valence-electron chi connectivity index (χ3n) is 6.17. The number of rotatable bonds is 5. The van der Waals surface area contributed by atoms with Crippen LogP contribution >= 0.6 is 0 Å². The third kappa shape index (κ3) is 3.50. The number of methoxy groups -OCH3 is 2. The Morgan fingerprint density at radius 3 is 2.41 bits per heavy atom.